The first-order chi connectivity index (χ1) is 12.8. The molecule has 0 aliphatic carbocycles. The lowest BCUT2D eigenvalue weighted by Crippen LogP contribution is -2.29. The van der Waals surface area contributed by atoms with E-state index < -0.39 is 5.97 Å². The molecule has 1 saturated heterocycles. The van der Waals surface area contributed by atoms with Crippen LogP contribution < -0.4 is 0 Å². The first-order valence-corrected chi connectivity index (χ1v) is 9.85. The van der Waals surface area contributed by atoms with Gasteiger partial charge in [0, 0.05) is 29.6 Å². The van der Waals surface area contributed by atoms with Gasteiger partial charge in [-0.1, -0.05) is 47.2 Å². The van der Waals surface area contributed by atoms with Gasteiger partial charge in [-0.05, 0) is 36.8 Å². The Morgan fingerprint density at radius 1 is 1.30 bits per heavy atom. The minimum Gasteiger partial charge on any atom is -0.481 e. The molecular weight excluding hydrogens is 429 g/mol. The normalized spacial score (nSPS) is 15.8. The van der Waals surface area contributed by atoms with Crippen molar-refractivity contribution in [3.05, 3.63) is 51.0 Å². The van der Waals surface area contributed by atoms with Gasteiger partial charge >= 0.3 is 5.97 Å². The first kappa shape index (κ1) is 19.9. The molecule has 1 fully saturated rings. The van der Waals surface area contributed by atoms with E-state index in [0.717, 1.165) is 11.8 Å². The number of carbonyl (C=O) groups excluding carboxylic acids is 1. The molecule has 0 unspecified atom stereocenters. The summed E-state index contributed by atoms with van der Waals surface area (Å²) < 4.78 is 6.18. The van der Waals surface area contributed by atoms with Crippen molar-refractivity contribution in [2.75, 3.05) is 6.54 Å². The summed E-state index contributed by atoms with van der Waals surface area (Å²) in [4.78, 5) is 24.9. The first-order valence-electron chi connectivity index (χ1n) is 7.87. The maximum absolute atomic E-state index is 12.5. The van der Waals surface area contributed by atoms with E-state index in [0.29, 0.717) is 42.8 Å². The van der Waals surface area contributed by atoms with Gasteiger partial charge in [0.2, 0.25) is 0 Å². The third-order valence-electron chi connectivity index (χ3n) is 3.74. The van der Waals surface area contributed by atoms with Crippen molar-refractivity contribution in [1.82, 2.24) is 4.90 Å². The lowest BCUT2D eigenvalue weighted by atomic mass is 10.2. The molecule has 0 saturated carbocycles. The van der Waals surface area contributed by atoms with E-state index in [1.165, 1.54) is 4.90 Å². The zero-order chi connectivity index (χ0) is 19.6. The van der Waals surface area contributed by atoms with Crippen molar-refractivity contribution in [2.45, 2.75) is 12.8 Å². The number of furan rings is 1. The Balaban J connectivity index is 1.77. The van der Waals surface area contributed by atoms with Gasteiger partial charge in [-0.3, -0.25) is 14.5 Å². The van der Waals surface area contributed by atoms with Crippen LogP contribution in [0.3, 0.4) is 0 Å². The standard InChI is InChI=1S/C18H13Cl2NO4S2/c19-10-3-5-13(20)12(8-10)14-6-4-11(25-14)9-15-17(24)21(18(26)27-15)7-1-2-16(22)23/h3-6,8-9H,1-2,7H2,(H,22,23)/b15-9-. The van der Waals surface area contributed by atoms with Crippen LogP contribution in [0, 0.1) is 0 Å². The average molecular weight is 442 g/mol. The molecule has 1 aliphatic heterocycles. The number of amides is 1. The van der Waals surface area contributed by atoms with E-state index in [9.17, 15) is 9.59 Å². The Labute approximate surface area is 174 Å². The molecule has 1 amide bonds. The zero-order valence-electron chi connectivity index (χ0n) is 13.8. The lowest BCUT2D eigenvalue weighted by Gasteiger charge is -2.13. The molecule has 1 aliphatic rings. The Morgan fingerprint density at radius 3 is 2.81 bits per heavy atom. The minimum atomic E-state index is -0.904. The van der Waals surface area contributed by atoms with Crippen LogP contribution >= 0.6 is 47.2 Å². The maximum atomic E-state index is 12.5. The van der Waals surface area contributed by atoms with Crippen LogP contribution in [0.5, 0.6) is 0 Å². The van der Waals surface area contributed by atoms with Crippen LogP contribution in [0.1, 0.15) is 18.6 Å². The van der Waals surface area contributed by atoms with Gasteiger partial charge in [-0.15, -0.1) is 0 Å². The molecule has 9 heteroatoms. The van der Waals surface area contributed by atoms with E-state index in [1.54, 1.807) is 36.4 Å². The van der Waals surface area contributed by atoms with Crippen molar-refractivity contribution in [3.8, 4) is 11.3 Å². The number of nitrogens with zero attached hydrogens (tertiary/aromatic N) is 1. The van der Waals surface area contributed by atoms with Crippen LogP contribution in [0.2, 0.25) is 10.0 Å². The summed E-state index contributed by atoms with van der Waals surface area (Å²) in [6, 6.07) is 8.55. The summed E-state index contributed by atoms with van der Waals surface area (Å²) >= 11 is 18.6. The Kier molecular flexibility index (Phi) is 6.26. The highest BCUT2D eigenvalue weighted by Crippen LogP contribution is 2.35. The second-order valence-corrected chi connectivity index (χ2v) is 8.18. The summed E-state index contributed by atoms with van der Waals surface area (Å²) in [5.41, 5.74) is 0.657. The van der Waals surface area contributed by atoms with Gasteiger partial charge in [0.1, 0.15) is 15.8 Å². The third-order valence-corrected chi connectivity index (χ3v) is 5.68. The molecule has 140 valence electrons. The highest BCUT2D eigenvalue weighted by molar-refractivity contribution is 8.26. The van der Waals surface area contributed by atoms with E-state index >= 15 is 0 Å². The summed E-state index contributed by atoms with van der Waals surface area (Å²) in [6.45, 7) is 0.274. The number of benzene rings is 1. The molecule has 0 radical (unpaired) electrons. The fourth-order valence-electron chi connectivity index (χ4n) is 2.47. The molecule has 0 atom stereocenters. The van der Waals surface area contributed by atoms with E-state index in [1.807, 2.05) is 0 Å². The van der Waals surface area contributed by atoms with E-state index in [-0.39, 0.29) is 18.9 Å². The van der Waals surface area contributed by atoms with Crippen molar-refractivity contribution in [2.24, 2.45) is 0 Å². The Hall–Kier alpha value is -1.80. The third kappa shape index (κ3) is 4.73. The Morgan fingerprint density at radius 2 is 2.07 bits per heavy atom. The van der Waals surface area contributed by atoms with Gasteiger partial charge in [-0.25, -0.2) is 0 Å². The average Bonchev–Trinajstić information content (AvgIpc) is 3.17. The van der Waals surface area contributed by atoms with Gasteiger partial charge in [-0.2, -0.15) is 0 Å². The second kappa shape index (κ2) is 8.48. The molecule has 0 spiro atoms. The molecule has 1 aromatic carbocycles. The maximum Gasteiger partial charge on any atom is 0.303 e. The van der Waals surface area contributed by atoms with Crippen LogP contribution in [0.25, 0.3) is 17.4 Å². The number of carboxylic acids is 1. The van der Waals surface area contributed by atoms with Crippen LogP contribution in [-0.2, 0) is 9.59 Å². The second-order valence-electron chi connectivity index (χ2n) is 5.66. The Bertz CT molecular complexity index is 955. The largest absolute Gasteiger partial charge is 0.481 e. The molecule has 0 bridgehead atoms. The topological polar surface area (TPSA) is 70.8 Å². The van der Waals surface area contributed by atoms with Crippen molar-refractivity contribution < 1.29 is 19.1 Å². The fourth-order valence-corrected chi connectivity index (χ4v) is 4.14. The predicted octanol–water partition coefficient (Wildman–Crippen LogP) is 5.32. The van der Waals surface area contributed by atoms with Gasteiger partial charge in [0.25, 0.3) is 5.91 Å². The van der Waals surface area contributed by atoms with Crippen LogP contribution in [-0.4, -0.2) is 32.7 Å². The smallest absolute Gasteiger partial charge is 0.303 e. The van der Waals surface area contributed by atoms with Crippen molar-refractivity contribution in [3.63, 3.8) is 0 Å². The number of rotatable bonds is 6. The number of aliphatic carboxylic acids is 1. The summed E-state index contributed by atoms with van der Waals surface area (Å²) in [5, 5.41) is 9.76. The number of carbonyl (C=O) groups is 2. The molecule has 1 N–H and O–H groups in total. The molecule has 3 rings (SSSR count). The number of hydrogen-bond donors (Lipinski definition) is 1. The number of thioether (sulfide) groups is 1. The summed E-state index contributed by atoms with van der Waals surface area (Å²) in [7, 11) is 0. The van der Waals surface area contributed by atoms with Crippen molar-refractivity contribution in [1.29, 1.82) is 0 Å². The summed E-state index contributed by atoms with van der Waals surface area (Å²) in [6.07, 6.45) is 1.93. The molecule has 1 aromatic heterocycles. The molecule has 27 heavy (non-hydrogen) atoms. The monoisotopic (exact) mass is 441 g/mol. The lowest BCUT2D eigenvalue weighted by molar-refractivity contribution is -0.137. The summed E-state index contributed by atoms with van der Waals surface area (Å²) in [5.74, 6) is -0.148. The highest BCUT2D eigenvalue weighted by atomic mass is 35.5. The van der Waals surface area contributed by atoms with Gasteiger partial charge < -0.3 is 9.52 Å². The molecule has 2 heterocycles. The molecule has 2 aromatic rings. The van der Waals surface area contributed by atoms with E-state index in [2.05, 4.69) is 0 Å². The highest BCUT2D eigenvalue weighted by Gasteiger charge is 2.32. The zero-order valence-corrected chi connectivity index (χ0v) is 16.9. The fraction of sp³-hybridized carbons (Fsp3) is 0.167. The number of thiocarbonyl (C=S) groups is 1. The SMILES string of the molecule is O=C(O)CCCN1C(=O)/C(=C/c2ccc(-c3cc(Cl)ccc3Cl)o2)SC1=S. The minimum absolute atomic E-state index is 0.0158. The van der Waals surface area contributed by atoms with Crippen LogP contribution in [0.4, 0.5) is 0 Å². The van der Waals surface area contributed by atoms with Gasteiger partial charge in [0.15, 0.2) is 0 Å². The van der Waals surface area contributed by atoms with Crippen molar-refractivity contribution >= 4 is 69.5 Å². The number of carboxylic acid groups (broad SMARTS) is 1. The van der Waals surface area contributed by atoms with Gasteiger partial charge in [0.05, 0.1) is 9.93 Å². The molecular formula is C18H13Cl2NO4S2. The number of halogens is 2. The number of hydrogen-bond acceptors (Lipinski definition) is 5. The molecule has 5 nitrogen and oxygen atoms in total. The quantitative estimate of drug-likeness (QED) is 0.483. The predicted molar refractivity (Wildman–Crippen MR) is 111 cm³/mol. The van der Waals surface area contributed by atoms with Crippen LogP contribution in [0.15, 0.2) is 39.7 Å². The van der Waals surface area contributed by atoms with E-state index in [4.69, 9.17) is 44.9 Å².